The van der Waals surface area contributed by atoms with E-state index in [0.29, 0.717) is 5.56 Å². The number of rotatable bonds is 7. The molecule has 3 aromatic carbocycles. The molecule has 0 saturated carbocycles. The first-order valence-corrected chi connectivity index (χ1v) is 13.7. The van der Waals surface area contributed by atoms with E-state index in [4.69, 9.17) is 11.6 Å². The molecule has 36 heavy (non-hydrogen) atoms. The predicted octanol–water partition coefficient (Wildman–Crippen LogP) is 8.18. The molecule has 1 N–H and O–H groups in total. The molecule has 0 aliphatic carbocycles. The molecule has 0 atom stereocenters. The average molecular weight is 581 g/mol. The summed E-state index contributed by atoms with van der Waals surface area (Å²) in [6.45, 7) is 8.33. The number of carbonyl (C=O) groups is 1. The largest absolute Gasteiger partial charge is 0.316 e. The fourth-order valence-corrected chi connectivity index (χ4v) is 5.61. The number of hydrogen-bond donors (Lipinski definition) is 1. The Balaban J connectivity index is 1.42. The highest BCUT2D eigenvalue weighted by Gasteiger charge is 2.17. The Morgan fingerprint density at radius 2 is 1.69 bits per heavy atom. The van der Waals surface area contributed by atoms with Gasteiger partial charge in [-0.2, -0.15) is 5.10 Å². The Kier molecular flexibility index (Phi) is 8.39. The van der Waals surface area contributed by atoms with Crippen LogP contribution < -0.4 is 5.43 Å². The van der Waals surface area contributed by atoms with Gasteiger partial charge in [-0.1, -0.05) is 41.4 Å². The van der Waals surface area contributed by atoms with Crippen molar-refractivity contribution >= 4 is 51.4 Å². The minimum absolute atomic E-state index is 0.248. The second-order valence-corrected chi connectivity index (χ2v) is 10.9. The van der Waals surface area contributed by atoms with Gasteiger partial charge in [-0.15, -0.1) is 11.8 Å². The number of aryl methyl sites for hydroxylation is 2. The van der Waals surface area contributed by atoms with E-state index >= 15 is 0 Å². The van der Waals surface area contributed by atoms with Gasteiger partial charge in [-0.25, -0.2) is 5.43 Å². The van der Waals surface area contributed by atoms with Crippen LogP contribution in [0.1, 0.15) is 44.0 Å². The van der Waals surface area contributed by atoms with Gasteiger partial charge in [0.2, 0.25) is 0 Å². The summed E-state index contributed by atoms with van der Waals surface area (Å²) in [7, 11) is 0. The second kappa shape index (κ2) is 11.5. The van der Waals surface area contributed by atoms with Crippen LogP contribution in [0.4, 0.5) is 0 Å². The van der Waals surface area contributed by atoms with E-state index < -0.39 is 0 Å². The van der Waals surface area contributed by atoms with Crippen molar-refractivity contribution in [1.29, 1.82) is 0 Å². The summed E-state index contributed by atoms with van der Waals surface area (Å²) in [5.74, 6) is 0.564. The molecule has 0 spiro atoms. The third-order valence-corrected chi connectivity index (χ3v) is 8.34. The van der Waals surface area contributed by atoms with Crippen LogP contribution in [0.2, 0.25) is 5.02 Å². The zero-order valence-electron chi connectivity index (χ0n) is 20.6. The monoisotopic (exact) mass is 579 g/mol. The fraction of sp³-hybridized carbons (Fsp3) is 0.172. The number of carbonyl (C=O) groups excluding carboxylic acids is 1. The maximum atomic E-state index is 12.6. The maximum absolute atomic E-state index is 12.6. The summed E-state index contributed by atoms with van der Waals surface area (Å²) in [5, 5.41) is 4.98. The Hall–Kier alpha value is -2.80. The van der Waals surface area contributed by atoms with E-state index in [0.717, 1.165) is 48.3 Å². The lowest BCUT2D eigenvalue weighted by molar-refractivity contribution is 0.0955. The van der Waals surface area contributed by atoms with E-state index in [1.807, 2.05) is 48.5 Å². The topological polar surface area (TPSA) is 46.4 Å². The molecule has 0 radical (unpaired) electrons. The van der Waals surface area contributed by atoms with Crippen molar-refractivity contribution in [3.63, 3.8) is 0 Å². The number of nitrogens with zero attached hydrogens (tertiary/aromatic N) is 2. The lowest BCUT2D eigenvalue weighted by Gasteiger charge is -2.13. The normalized spacial score (nSPS) is 11.3. The van der Waals surface area contributed by atoms with Gasteiger partial charge in [0.1, 0.15) is 0 Å². The number of halogens is 2. The van der Waals surface area contributed by atoms with Crippen LogP contribution in [0.5, 0.6) is 0 Å². The summed E-state index contributed by atoms with van der Waals surface area (Å²) < 4.78 is 3.17. The third kappa shape index (κ3) is 5.94. The second-order valence-electron chi connectivity index (χ2n) is 8.66. The maximum Gasteiger partial charge on any atom is 0.271 e. The molecule has 1 heterocycles. The van der Waals surface area contributed by atoms with Crippen molar-refractivity contribution < 1.29 is 4.79 Å². The predicted molar refractivity (Wildman–Crippen MR) is 155 cm³/mol. The van der Waals surface area contributed by atoms with Gasteiger partial charge in [0.15, 0.2) is 0 Å². The minimum atomic E-state index is -0.248. The van der Waals surface area contributed by atoms with E-state index in [1.165, 1.54) is 11.1 Å². The van der Waals surface area contributed by atoms with Crippen LogP contribution in [0.15, 0.2) is 81.2 Å². The smallest absolute Gasteiger partial charge is 0.271 e. The summed E-state index contributed by atoms with van der Waals surface area (Å²) in [4.78, 5) is 13.8. The zero-order chi connectivity index (χ0) is 25.8. The quantitative estimate of drug-likeness (QED) is 0.136. The molecule has 7 heteroatoms. The standard InChI is InChI=1S/C29H27BrClN3OS/c1-18-5-14-27(19(2)15-18)34-20(3)26(28(30)21(34)4)16-32-33-29(35)23-8-6-22(7-9-23)17-36-25-12-10-24(31)11-13-25/h5-16H,17H2,1-4H3,(H,33,35)/b32-16-. The van der Waals surface area contributed by atoms with Gasteiger partial charge in [0.05, 0.1) is 6.21 Å². The van der Waals surface area contributed by atoms with Gasteiger partial charge >= 0.3 is 0 Å². The van der Waals surface area contributed by atoms with Gasteiger partial charge in [-0.05, 0) is 97.2 Å². The molecule has 184 valence electrons. The van der Waals surface area contributed by atoms with Crippen LogP contribution >= 0.6 is 39.3 Å². The number of amides is 1. The van der Waals surface area contributed by atoms with Crippen LogP contribution in [-0.2, 0) is 5.75 Å². The molecule has 0 unspecified atom stereocenters. The van der Waals surface area contributed by atoms with Crippen molar-refractivity contribution in [1.82, 2.24) is 9.99 Å². The molecular weight excluding hydrogens is 554 g/mol. The highest BCUT2D eigenvalue weighted by atomic mass is 79.9. The molecule has 1 amide bonds. The first-order chi connectivity index (χ1) is 17.2. The van der Waals surface area contributed by atoms with Gasteiger partial charge < -0.3 is 4.57 Å². The summed E-state index contributed by atoms with van der Waals surface area (Å²) in [6.07, 6.45) is 1.70. The molecule has 0 aliphatic rings. The third-order valence-electron chi connectivity index (χ3n) is 6.00. The van der Waals surface area contributed by atoms with Crippen LogP contribution in [0.3, 0.4) is 0 Å². The number of hydrogen-bond acceptors (Lipinski definition) is 3. The number of nitrogens with one attached hydrogen (secondary N) is 1. The van der Waals surface area contributed by atoms with Crippen molar-refractivity contribution in [2.24, 2.45) is 5.10 Å². The highest BCUT2D eigenvalue weighted by Crippen LogP contribution is 2.31. The lowest BCUT2D eigenvalue weighted by Crippen LogP contribution is -2.17. The number of hydrazone groups is 1. The molecule has 0 saturated heterocycles. The molecule has 0 bridgehead atoms. The first-order valence-electron chi connectivity index (χ1n) is 11.5. The van der Waals surface area contributed by atoms with Gasteiger partial charge in [0.25, 0.3) is 5.91 Å². The molecular formula is C29H27BrClN3OS. The van der Waals surface area contributed by atoms with Crippen molar-refractivity contribution in [2.45, 2.75) is 38.3 Å². The lowest BCUT2D eigenvalue weighted by atomic mass is 10.1. The zero-order valence-corrected chi connectivity index (χ0v) is 23.8. The number of benzene rings is 3. The highest BCUT2D eigenvalue weighted by molar-refractivity contribution is 9.10. The SMILES string of the molecule is Cc1ccc(-n2c(C)c(Br)c(/C=N\NC(=O)c3ccc(CSc4ccc(Cl)cc4)cc3)c2C)c(C)c1. The summed E-state index contributed by atoms with van der Waals surface area (Å²) >= 11 is 11.4. The summed E-state index contributed by atoms with van der Waals surface area (Å²) in [6, 6.07) is 21.8. The van der Waals surface area contributed by atoms with Crippen LogP contribution in [-0.4, -0.2) is 16.7 Å². The van der Waals surface area contributed by atoms with E-state index in [-0.39, 0.29) is 5.91 Å². The molecule has 4 rings (SSSR count). The van der Waals surface area contributed by atoms with Gasteiger partial charge in [0, 0.05) is 48.3 Å². The molecule has 4 aromatic rings. The summed E-state index contributed by atoms with van der Waals surface area (Å²) in [5.41, 5.74) is 11.0. The molecule has 1 aromatic heterocycles. The number of thioether (sulfide) groups is 1. The molecule has 0 aliphatic heterocycles. The Labute approximate surface area is 229 Å². The molecule has 0 fully saturated rings. The van der Waals surface area contributed by atoms with Crippen LogP contribution in [0.25, 0.3) is 5.69 Å². The Morgan fingerprint density at radius 1 is 1.00 bits per heavy atom. The van der Waals surface area contributed by atoms with Crippen molar-refractivity contribution in [3.8, 4) is 5.69 Å². The Morgan fingerprint density at radius 3 is 2.36 bits per heavy atom. The van der Waals surface area contributed by atoms with Gasteiger partial charge in [-0.3, -0.25) is 4.79 Å². The number of aromatic nitrogens is 1. The molecule has 4 nitrogen and oxygen atoms in total. The fourth-order valence-electron chi connectivity index (χ4n) is 4.06. The average Bonchev–Trinajstić information content (AvgIpc) is 3.07. The van der Waals surface area contributed by atoms with E-state index in [9.17, 15) is 4.79 Å². The van der Waals surface area contributed by atoms with Crippen molar-refractivity contribution in [3.05, 3.63) is 115 Å². The van der Waals surface area contributed by atoms with Crippen LogP contribution in [0, 0.1) is 27.7 Å². The van der Waals surface area contributed by atoms with E-state index in [1.54, 1.807) is 18.0 Å². The minimum Gasteiger partial charge on any atom is -0.316 e. The Bertz CT molecular complexity index is 1430. The first kappa shape index (κ1) is 26.3. The van der Waals surface area contributed by atoms with Crippen molar-refractivity contribution in [2.75, 3.05) is 0 Å². The van der Waals surface area contributed by atoms with E-state index in [2.05, 4.69) is 76.9 Å².